The van der Waals surface area contributed by atoms with Gasteiger partial charge in [-0.3, -0.25) is 0 Å². The van der Waals surface area contributed by atoms with Gasteiger partial charge in [0.05, 0.1) is 21.1 Å². The van der Waals surface area contributed by atoms with Crippen LogP contribution in [0.15, 0.2) is 0 Å². The van der Waals surface area contributed by atoms with Gasteiger partial charge in [0.1, 0.15) is 0 Å². The molecule has 2 N–H and O–H groups in total. The summed E-state index contributed by atoms with van der Waals surface area (Å²) in [6, 6.07) is 0. The summed E-state index contributed by atoms with van der Waals surface area (Å²) in [7, 11) is 5.04. The Morgan fingerprint density at radius 3 is 1.17 bits per heavy atom. The van der Waals surface area contributed by atoms with Gasteiger partial charge in [-0.15, -0.1) is 0 Å². The number of nitrogens with zero attached hydrogens (tertiary/aromatic N) is 1. The van der Waals surface area contributed by atoms with Gasteiger partial charge in [0.25, 0.3) is 0 Å². The summed E-state index contributed by atoms with van der Waals surface area (Å²) in [6.45, 7) is 0. The van der Waals surface area contributed by atoms with Crippen molar-refractivity contribution in [2.45, 2.75) is 0 Å². The van der Waals surface area contributed by atoms with Crippen LogP contribution in [0.4, 0.5) is 0 Å². The van der Waals surface area contributed by atoms with Crippen molar-refractivity contribution in [2.75, 3.05) is 21.1 Å². The monoisotopic (exact) mass is 93.1 g/mol. The molecular weight excluding hydrogens is 82.0 g/mol. The molecule has 0 aromatic heterocycles. The van der Waals surface area contributed by atoms with Gasteiger partial charge in [-0.2, -0.15) is 4.65 Å². The predicted octanol–water partition coefficient (Wildman–Crippen LogP) is -0.0950. The number of hydroxylamine groups is 3. The second kappa shape index (κ2) is 2.12. The van der Waals surface area contributed by atoms with Crippen LogP contribution < -0.4 is 0 Å². The molecule has 0 radical (unpaired) electrons. The molecular formula is C3H11NO2. The fourth-order valence-corrected chi connectivity index (χ4v) is 0. The summed E-state index contributed by atoms with van der Waals surface area (Å²) in [5, 5.41) is 8.46. The van der Waals surface area contributed by atoms with Gasteiger partial charge < -0.3 is 5.48 Å². The molecule has 0 aromatic carbocycles. The minimum Gasteiger partial charge on any atom is -0.870 e. The summed E-state index contributed by atoms with van der Waals surface area (Å²) in [5.74, 6) is 0. The van der Waals surface area contributed by atoms with Gasteiger partial charge in [0.15, 0.2) is 0 Å². The van der Waals surface area contributed by atoms with Crippen molar-refractivity contribution in [1.29, 1.82) is 0 Å². The highest BCUT2D eigenvalue weighted by atomic mass is 16.5. The lowest BCUT2D eigenvalue weighted by atomic mass is 11.0. The fraction of sp³-hybridized carbons (Fsp3) is 1.00. The molecule has 6 heavy (non-hydrogen) atoms. The molecule has 0 aromatic rings. The smallest absolute Gasteiger partial charge is 0.0979 e. The van der Waals surface area contributed by atoms with E-state index in [2.05, 4.69) is 0 Å². The molecule has 0 aliphatic carbocycles. The third kappa shape index (κ3) is 2230. The predicted molar refractivity (Wildman–Crippen MR) is 21.8 cm³/mol. The van der Waals surface area contributed by atoms with Crippen molar-refractivity contribution < 1.29 is 15.3 Å². The van der Waals surface area contributed by atoms with E-state index in [0.29, 0.717) is 0 Å². The van der Waals surface area contributed by atoms with E-state index in [1.165, 1.54) is 0 Å². The second-order valence-electron chi connectivity index (χ2n) is 1.94. The summed E-state index contributed by atoms with van der Waals surface area (Å²) >= 11 is 0. The lowest BCUT2D eigenvalue weighted by molar-refractivity contribution is -1.06. The third-order valence-electron chi connectivity index (χ3n) is 0. The van der Waals surface area contributed by atoms with Crippen LogP contribution in [-0.2, 0) is 0 Å². The Bertz CT molecular complexity index is 24.3. The highest BCUT2D eigenvalue weighted by molar-refractivity contribution is 3.72. The first-order valence-corrected chi connectivity index (χ1v) is 1.54. The van der Waals surface area contributed by atoms with Crippen LogP contribution >= 0.6 is 0 Å². The van der Waals surface area contributed by atoms with E-state index in [1.807, 2.05) is 0 Å². The Kier molecular flexibility index (Phi) is 3.29. The van der Waals surface area contributed by atoms with Crippen molar-refractivity contribution in [3.8, 4) is 0 Å². The zero-order valence-electron chi connectivity index (χ0n) is 4.34. The topological polar surface area (TPSA) is 50.2 Å². The molecule has 0 unspecified atom stereocenters. The van der Waals surface area contributed by atoms with E-state index in [0.717, 1.165) is 0 Å². The van der Waals surface area contributed by atoms with E-state index in [1.54, 1.807) is 21.1 Å². The van der Waals surface area contributed by atoms with Gasteiger partial charge in [0.2, 0.25) is 0 Å². The highest BCUT2D eigenvalue weighted by Gasteiger charge is 1.92. The molecule has 0 spiro atoms. The maximum atomic E-state index is 8.46. The molecule has 0 aliphatic rings. The molecule has 0 atom stereocenters. The Balaban J connectivity index is 0. The van der Waals surface area contributed by atoms with Crippen molar-refractivity contribution in [2.24, 2.45) is 0 Å². The number of hydrogen-bond acceptors (Lipinski definition) is 2. The Morgan fingerprint density at radius 1 is 1.17 bits per heavy atom. The minimum absolute atomic E-state index is 0. The summed E-state index contributed by atoms with van der Waals surface area (Å²) in [4.78, 5) is 0. The van der Waals surface area contributed by atoms with Crippen LogP contribution in [0.5, 0.6) is 0 Å². The SMILES string of the molecule is C[N+](C)(C)O.[OH-]. The van der Waals surface area contributed by atoms with E-state index in [9.17, 15) is 0 Å². The van der Waals surface area contributed by atoms with Crippen molar-refractivity contribution in [3.63, 3.8) is 0 Å². The minimum atomic E-state index is 0. The second-order valence-corrected chi connectivity index (χ2v) is 1.94. The molecule has 40 valence electrons. The van der Waals surface area contributed by atoms with E-state index in [4.69, 9.17) is 5.21 Å². The van der Waals surface area contributed by atoms with Gasteiger partial charge in [-0.25, -0.2) is 5.21 Å². The average molecular weight is 93.1 g/mol. The van der Waals surface area contributed by atoms with Crippen molar-refractivity contribution in [1.82, 2.24) is 0 Å². The molecule has 0 aliphatic heterocycles. The molecule has 0 saturated carbocycles. The zero-order valence-corrected chi connectivity index (χ0v) is 4.34. The van der Waals surface area contributed by atoms with Crippen LogP contribution in [-0.4, -0.2) is 36.5 Å². The molecule has 0 amide bonds. The lowest BCUT2D eigenvalue weighted by Gasteiger charge is -2.09. The summed E-state index contributed by atoms with van der Waals surface area (Å²) < 4.78 is 0. The van der Waals surface area contributed by atoms with Gasteiger partial charge in [-0.05, 0) is 0 Å². The van der Waals surface area contributed by atoms with Crippen molar-refractivity contribution >= 4 is 0 Å². The third-order valence-corrected chi connectivity index (χ3v) is 0. The fourth-order valence-electron chi connectivity index (χ4n) is 0. The summed E-state index contributed by atoms with van der Waals surface area (Å²) in [5.41, 5.74) is 0. The van der Waals surface area contributed by atoms with Gasteiger partial charge >= 0.3 is 0 Å². The molecule has 0 rings (SSSR count). The van der Waals surface area contributed by atoms with Gasteiger partial charge in [0, 0.05) is 0 Å². The molecule has 0 saturated heterocycles. The van der Waals surface area contributed by atoms with Crippen LogP contribution in [0, 0.1) is 0 Å². The molecule has 0 fully saturated rings. The molecule has 3 nitrogen and oxygen atoms in total. The number of quaternary nitrogens is 1. The van der Waals surface area contributed by atoms with E-state index in [-0.39, 0.29) is 10.1 Å². The Morgan fingerprint density at radius 2 is 1.17 bits per heavy atom. The zero-order chi connectivity index (χ0) is 4.50. The maximum absolute atomic E-state index is 8.46. The molecule has 3 heteroatoms. The quantitative estimate of drug-likeness (QED) is 0.336. The number of hydrogen-bond donors (Lipinski definition) is 1. The van der Waals surface area contributed by atoms with Gasteiger partial charge in [-0.1, -0.05) is 0 Å². The van der Waals surface area contributed by atoms with Crippen LogP contribution in [0.2, 0.25) is 0 Å². The van der Waals surface area contributed by atoms with E-state index >= 15 is 0 Å². The standard InChI is InChI=1S/C3H10NO.H2O/c1-4(2,3)5;/h5H,1-3H3;1H2/q+1;/p-1. The average Bonchev–Trinajstić information content (AvgIpc) is 0.722. The van der Waals surface area contributed by atoms with Crippen LogP contribution in [0.3, 0.4) is 0 Å². The first kappa shape index (κ1) is 9.30. The van der Waals surface area contributed by atoms with Crippen LogP contribution in [0.1, 0.15) is 0 Å². The first-order valence-electron chi connectivity index (χ1n) is 1.54. The van der Waals surface area contributed by atoms with Crippen molar-refractivity contribution in [3.05, 3.63) is 0 Å². The lowest BCUT2D eigenvalue weighted by Crippen LogP contribution is -2.28. The van der Waals surface area contributed by atoms with Crippen LogP contribution in [0.25, 0.3) is 0 Å². The summed E-state index contributed by atoms with van der Waals surface area (Å²) in [6.07, 6.45) is 0. The van der Waals surface area contributed by atoms with E-state index < -0.39 is 0 Å². The Labute approximate surface area is 37.7 Å². The highest BCUT2D eigenvalue weighted by Crippen LogP contribution is 1.72. The number of rotatable bonds is 0. The Hall–Kier alpha value is -0.120. The molecule has 0 bridgehead atoms. The normalized spacial score (nSPS) is 10.0. The maximum Gasteiger partial charge on any atom is 0.0979 e. The molecule has 0 heterocycles. The first-order chi connectivity index (χ1) is 2.00. The largest absolute Gasteiger partial charge is 0.870 e.